The van der Waals surface area contributed by atoms with E-state index in [1.54, 1.807) is 44.7 Å². The fraction of sp³-hybridized carbons (Fsp3) is 0.0303. The van der Waals surface area contributed by atoms with Crippen LogP contribution in [-0.4, -0.2) is 108 Å². The molecule has 0 atom stereocenters. The molecule has 0 fully saturated rings. The highest BCUT2D eigenvalue weighted by atomic mass is 79.9. The maximum atomic E-state index is 9.26. The van der Waals surface area contributed by atoms with Gasteiger partial charge in [-0.05, 0) is 153 Å². The molecule has 0 aliphatic carbocycles. The van der Waals surface area contributed by atoms with Crippen LogP contribution < -0.4 is 37.6 Å². The molecule has 23 rings (SSSR count). The zero-order valence-corrected chi connectivity index (χ0v) is 76.9. The Balaban J connectivity index is 0.000000112. The monoisotopic (exact) mass is 1960 g/mol. The van der Waals surface area contributed by atoms with Crippen LogP contribution in [0.2, 0.25) is 35.8 Å². The summed E-state index contributed by atoms with van der Waals surface area (Å²) < 4.78 is 28.6. The lowest BCUT2D eigenvalue weighted by atomic mass is 9.74. The van der Waals surface area contributed by atoms with Gasteiger partial charge in [-0.2, -0.15) is 0 Å². The zero-order valence-electron chi connectivity index (χ0n) is 70.0. The Morgan fingerprint density at radius 1 is 0.323 bits per heavy atom. The van der Waals surface area contributed by atoms with E-state index in [-0.39, 0.29) is 0 Å². The number of hydrogen-bond acceptors (Lipinski definition) is 24. The van der Waals surface area contributed by atoms with Crippen molar-refractivity contribution in [2.45, 2.75) is 6.92 Å². The molecule has 0 aliphatic heterocycles. The molecule has 9 aromatic heterocycles. The third-order valence-electron chi connectivity index (χ3n) is 20.9. The maximum absolute atomic E-state index is 9.26. The summed E-state index contributed by atoms with van der Waals surface area (Å²) in [5.74, 6) is 2.37. The first-order valence-corrected chi connectivity index (χ1v) is 43.8. The molecule has 0 spiro atoms. The fourth-order valence-corrected chi connectivity index (χ4v) is 16.1. The van der Waals surface area contributed by atoms with Crippen molar-refractivity contribution in [3.63, 3.8) is 0 Å². The fourth-order valence-electron chi connectivity index (χ4n) is 14.8. The van der Waals surface area contributed by atoms with Gasteiger partial charge in [-0.25, -0.2) is 59.8 Å². The number of nitrogen functional groups attached to an aromatic ring is 3. The highest BCUT2D eigenvalue weighted by Crippen LogP contribution is 2.42. The molecular formula is C99H69B2BrCl7N15O9. The first kappa shape index (κ1) is 92.3. The number of benzene rings is 14. The Kier molecular flexibility index (Phi) is 28.9. The van der Waals surface area contributed by atoms with E-state index in [9.17, 15) is 10.0 Å². The Labute approximate surface area is 801 Å². The number of hydrogen-bond donors (Lipinski definition) is 7. The minimum atomic E-state index is -1.41. The van der Waals surface area contributed by atoms with E-state index in [0.29, 0.717) is 120 Å². The second kappa shape index (κ2) is 41.6. The van der Waals surface area contributed by atoms with Gasteiger partial charge in [0, 0.05) is 15.6 Å². The Hall–Kier alpha value is -14.0. The maximum Gasteiger partial charge on any atom is 0.489 e. The minimum absolute atomic E-state index is 0.296. The zero-order chi connectivity index (χ0) is 93.1. The Morgan fingerprint density at radius 3 is 1.04 bits per heavy atom. The van der Waals surface area contributed by atoms with Gasteiger partial charge < -0.3 is 60.0 Å². The molecule has 24 nitrogen and oxygen atoms in total. The number of ether oxygens (including phenoxy) is 2. The third kappa shape index (κ3) is 20.8. The second-order valence-electron chi connectivity index (χ2n) is 29.2. The topological polar surface area (TPSA) is 372 Å². The molecule has 34 heteroatoms. The van der Waals surface area contributed by atoms with Gasteiger partial charge in [0.05, 0.1) is 84.4 Å². The average molecular weight is 1960 g/mol. The summed E-state index contributed by atoms with van der Waals surface area (Å²) in [5, 5.41) is 54.5. The van der Waals surface area contributed by atoms with E-state index in [1.165, 1.54) is 31.0 Å². The molecule has 23 aromatic rings. The van der Waals surface area contributed by atoms with Gasteiger partial charge in [0.25, 0.3) is 0 Å². The first-order chi connectivity index (χ1) is 64.4. The summed E-state index contributed by atoms with van der Waals surface area (Å²) in [6, 6.07) is 85.6. The number of halogens is 8. The number of methoxy groups -OCH3 is 2. The molecular weight excluding hydrogens is 1890 g/mol. The van der Waals surface area contributed by atoms with Gasteiger partial charge in [-0.1, -0.05) is 299 Å². The number of fused-ring (bicyclic) bond motifs is 18. The number of aryl methyl sites for hydroxylation is 1. The number of furan rings is 3. The van der Waals surface area contributed by atoms with Crippen LogP contribution in [0.25, 0.3) is 165 Å². The minimum Gasteiger partial charge on any atom is -0.496 e. The van der Waals surface area contributed by atoms with Crippen molar-refractivity contribution in [3.8, 4) is 45.3 Å². The largest absolute Gasteiger partial charge is 0.496 e. The average Bonchev–Trinajstić information content (AvgIpc) is 1.73. The van der Waals surface area contributed by atoms with Crippen LogP contribution in [-0.2, 0) is 0 Å². The van der Waals surface area contributed by atoms with Crippen molar-refractivity contribution in [3.05, 3.63) is 350 Å². The number of nitrogens with two attached hydrogens (primary N) is 3. The Morgan fingerprint density at radius 2 is 0.647 bits per heavy atom. The summed E-state index contributed by atoms with van der Waals surface area (Å²) in [4.78, 5) is 50.5. The quantitative estimate of drug-likeness (QED) is 0.0729. The van der Waals surface area contributed by atoms with Crippen LogP contribution in [0.15, 0.2) is 322 Å². The molecule has 9 heterocycles. The molecule has 0 unspecified atom stereocenters. The second-order valence-corrected chi connectivity index (χ2v) is 32.7. The smallest absolute Gasteiger partial charge is 0.489 e. The van der Waals surface area contributed by atoms with Gasteiger partial charge in [0.1, 0.15) is 98.2 Å². The standard InChI is InChI=1S/C20H11ClN2O.2C15H12ClN3O.2C14H7ClN2O.C11H11BO2.C6H6BClO2.C4H3BrClN3/c21-14-8-5-13(6-9-14)16-11-22-20-19(23-16)18-15-4-2-1-3-12(15)7-10-17(18)24-20;2*1-20-11-7-6-9-4-2-3-5-10(9)13(11)14-15(17)18-8-12(16)19-14;2*15-11-7-16-14-13(17-11)12-9-4-2-1-3-8(9)5-6-10(12)18-14;1-8-6-7-9-4-2-3-5-10(9)11(8)12(13)14;8-6-3-1-5(2-4-6)7(9)10;5-3-4(7)8-1-2(6)9-3/h1-11H;2*2-8H,1H3,(H2,17,18);2*1-7H;2-7,13-14H,1H3;1-4,9-10H;1H,(H2,7,8). The number of rotatable bonds is 7. The van der Waals surface area contributed by atoms with Crippen molar-refractivity contribution in [1.29, 1.82) is 0 Å². The lowest BCUT2D eigenvalue weighted by Crippen LogP contribution is -2.32. The Bertz CT molecular complexity index is 7960. The highest BCUT2D eigenvalue weighted by molar-refractivity contribution is 9.10. The van der Waals surface area contributed by atoms with Gasteiger partial charge in [-0.15, -0.1) is 0 Å². The number of anilines is 3. The van der Waals surface area contributed by atoms with Gasteiger partial charge in [0.2, 0.25) is 17.1 Å². The summed E-state index contributed by atoms with van der Waals surface area (Å²) in [5.41, 5.74) is 29.8. The molecule has 14 aromatic carbocycles. The van der Waals surface area contributed by atoms with Crippen LogP contribution in [0.4, 0.5) is 17.5 Å². The van der Waals surface area contributed by atoms with Gasteiger partial charge in [0.15, 0.2) is 5.82 Å². The SMILES string of the molecule is COc1ccc2ccccc2c1-c1nc(Cl)cnc1N.COc1ccc2ccccc2c1-c1nc(Cl)cnc1N.Cc1ccc2ccccc2c1B(O)O.Clc1ccc(-c2cnc3oc4ccc5ccccc5c4c3n2)cc1.Clc1cnc2oc3ccc4ccccc4c3c2n1.Clc1cnc2oc3ccc4ccccc4c3c2n1.Nc1ncc(Cl)nc1Br.OB(O)c1ccc(Cl)cc1. The lowest BCUT2D eigenvalue weighted by molar-refractivity contribution is 0.417. The molecule has 0 aliphatic rings. The molecule has 0 amide bonds. The van der Waals surface area contributed by atoms with E-state index in [2.05, 4.69) is 113 Å². The van der Waals surface area contributed by atoms with Crippen LogP contribution in [0.3, 0.4) is 0 Å². The summed E-state index contributed by atoms with van der Waals surface area (Å²) in [6.45, 7) is 1.88. The summed E-state index contributed by atoms with van der Waals surface area (Å²) in [7, 11) is 0.419. The van der Waals surface area contributed by atoms with Crippen molar-refractivity contribution in [2.24, 2.45) is 0 Å². The van der Waals surface area contributed by atoms with Crippen LogP contribution >= 0.6 is 97.1 Å². The van der Waals surface area contributed by atoms with Gasteiger partial charge in [-0.3, -0.25) is 0 Å². The van der Waals surface area contributed by atoms with E-state index in [1.807, 2.05) is 207 Å². The summed E-state index contributed by atoms with van der Waals surface area (Å²) in [6.07, 6.45) is 8.97. The van der Waals surface area contributed by atoms with Crippen molar-refractivity contribution >= 4 is 271 Å². The van der Waals surface area contributed by atoms with Gasteiger partial charge >= 0.3 is 14.2 Å². The molecule has 0 radical (unpaired) electrons. The molecule has 0 saturated carbocycles. The number of nitrogens with zero attached hydrogens (tertiary/aromatic N) is 12. The van der Waals surface area contributed by atoms with E-state index >= 15 is 0 Å². The van der Waals surface area contributed by atoms with Crippen molar-refractivity contribution < 1.29 is 42.8 Å². The van der Waals surface area contributed by atoms with E-state index in [4.69, 9.17) is 136 Å². The van der Waals surface area contributed by atoms with Crippen LogP contribution in [0.1, 0.15) is 5.56 Å². The normalized spacial score (nSPS) is 10.9. The molecule has 10 N–H and O–H groups in total. The van der Waals surface area contributed by atoms with Crippen molar-refractivity contribution in [1.82, 2.24) is 59.8 Å². The lowest BCUT2D eigenvalue weighted by Gasteiger charge is -2.13. The highest BCUT2D eigenvalue weighted by Gasteiger charge is 2.23. The van der Waals surface area contributed by atoms with E-state index in [0.717, 1.165) is 131 Å². The first-order valence-electron chi connectivity index (χ1n) is 40.3. The molecule has 0 bridgehead atoms. The molecule has 133 heavy (non-hydrogen) atoms. The van der Waals surface area contributed by atoms with Crippen molar-refractivity contribution in [2.75, 3.05) is 31.4 Å². The van der Waals surface area contributed by atoms with Crippen LogP contribution in [0.5, 0.6) is 11.5 Å². The molecule has 0 saturated heterocycles. The predicted octanol–water partition coefficient (Wildman–Crippen LogP) is 23.6. The summed E-state index contributed by atoms with van der Waals surface area (Å²) >= 11 is 43.8. The van der Waals surface area contributed by atoms with E-state index < -0.39 is 14.2 Å². The molecule has 656 valence electrons. The van der Waals surface area contributed by atoms with Crippen LogP contribution in [0, 0.1) is 6.92 Å². The predicted molar refractivity (Wildman–Crippen MR) is 542 cm³/mol. The third-order valence-corrected chi connectivity index (χ3v) is 22.9. The number of aromatic nitrogens is 12.